The first kappa shape index (κ1) is 9.43. The molecule has 0 rings (SSSR count). The summed E-state index contributed by atoms with van der Waals surface area (Å²) in [7, 11) is 2.82. The summed E-state index contributed by atoms with van der Waals surface area (Å²) in [5, 5.41) is 0. The Bertz CT molecular complexity index is 67.0. The highest BCUT2D eigenvalue weighted by atomic mass is 31.0. The standard InChI is InChI=1S/C8H19P/c1-4-5-6-8(2,3)7-9/h4-7,9H2,1-3H3. The summed E-state index contributed by atoms with van der Waals surface area (Å²) in [6, 6.07) is 0. The van der Waals surface area contributed by atoms with Gasteiger partial charge in [0.25, 0.3) is 0 Å². The van der Waals surface area contributed by atoms with Crippen molar-refractivity contribution in [3.05, 3.63) is 0 Å². The first-order chi connectivity index (χ1) is 4.12. The number of hydrogen-bond donors (Lipinski definition) is 0. The lowest BCUT2D eigenvalue weighted by molar-refractivity contribution is 0.372. The third-order valence-electron chi connectivity index (χ3n) is 1.76. The summed E-state index contributed by atoms with van der Waals surface area (Å²) in [5.74, 6) is 0. The third kappa shape index (κ3) is 4.90. The highest BCUT2D eigenvalue weighted by Gasteiger charge is 2.12. The molecule has 0 spiro atoms. The monoisotopic (exact) mass is 146 g/mol. The van der Waals surface area contributed by atoms with E-state index in [0.717, 1.165) is 0 Å². The predicted molar refractivity (Wildman–Crippen MR) is 47.9 cm³/mol. The van der Waals surface area contributed by atoms with Gasteiger partial charge in [0.2, 0.25) is 0 Å². The van der Waals surface area contributed by atoms with Crippen molar-refractivity contribution in [2.75, 3.05) is 6.16 Å². The third-order valence-corrected chi connectivity index (χ3v) is 2.86. The Hall–Kier alpha value is 0.430. The Labute approximate surface area is 61.6 Å². The van der Waals surface area contributed by atoms with Crippen molar-refractivity contribution >= 4 is 9.24 Å². The van der Waals surface area contributed by atoms with Gasteiger partial charge in [-0.1, -0.05) is 33.6 Å². The molecule has 0 N–H and O–H groups in total. The largest absolute Gasteiger partial charge is 0.137 e. The lowest BCUT2D eigenvalue weighted by atomic mass is 9.90. The summed E-state index contributed by atoms with van der Waals surface area (Å²) in [6.07, 6.45) is 5.30. The van der Waals surface area contributed by atoms with Crippen molar-refractivity contribution < 1.29 is 0 Å². The smallest absolute Gasteiger partial charge is 0.0320 e. The van der Waals surface area contributed by atoms with Crippen LogP contribution in [0.2, 0.25) is 0 Å². The second kappa shape index (κ2) is 4.28. The van der Waals surface area contributed by atoms with Crippen LogP contribution < -0.4 is 0 Å². The van der Waals surface area contributed by atoms with E-state index in [1.54, 1.807) is 0 Å². The molecule has 0 saturated heterocycles. The molecule has 0 fully saturated rings. The zero-order chi connectivity index (χ0) is 7.33. The molecule has 0 bridgehead atoms. The van der Waals surface area contributed by atoms with Crippen LogP contribution in [0.1, 0.15) is 40.0 Å². The number of hydrogen-bond acceptors (Lipinski definition) is 0. The minimum atomic E-state index is 0.556. The molecular weight excluding hydrogens is 127 g/mol. The van der Waals surface area contributed by atoms with Gasteiger partial charge in [-0.2, -0.15) is 0 Å². The van der Waals surface area contributed by atoms with Crippen LogP contribution in [-0.4, -0.2) is 6.16 Å². The van der Waals surface area contributed by atoms with Gasteiger partial charge in [0, 0.05) is 0 Å². The molecule has 0 nitrogen and oxygen atoms in total. The van der Waals surface area contributed by atoms with Crippen molar-refractivity contribution in [1.82, 2.24) is 0 Å². The van der Waals surface area contributed by atoms with Gasteiger partial charge >= 0.3 is 0 Å². The molecule has 1 heteroatoms. The Morgan fingerprint density at radius 2 is 1.89 bits per heavy atom. The first-order valence-electron chi connectivity index (χ1n) is 3.82. The lowest BCUT2D eigenvalue weighted by Gasteiger charge is -2.21. The minimum absolute atomic E-state index is 0.556. The Kier molecular flexibility index (Phi) is 4.48. The normalized spacial score (nSPS) is 12.0. The van der Waals surface area contributed by atoms with E-state index in [1.807, 2.05) is 0 Å². The van der Waals surface area contributed by atoms with E-state index in [4.69, 9.17) is 0 Å². The topological polar surface area (TPSA) is 0 Å². The van der Waals surface area contributed by atoms with Gasteiger partial charge in [0.15, 0.2) is 0 Å². The van der Waals surface area contributed by atoms with Crippen molar-refractivity contribution in [2.45, 2.75) is 40.0 Å². The van der Waals surface area contributed by atoms with E-state index in [9.17, 15) is 0 Å². The Balaban J connectivity index is 3.33. The summed E-state index contributed by atoms with van der Waals surface area (Å²) in [6.45, 7) is 6.91. The second-order valence-electron chi connectivity index (χ2n) is 3.47. The fourth-order valence-corrected chi connectivity index (χ4v) is 0.962. The maximum Gasteiger partial charge on any atom is -0.0320 e. The van der Waals surface area contributed by atoms with Gasteiger partial charge in [-0.05, 0) is 18.0 Å². The summed E-state index contributed by atoms with van der Waals surface area (Å²) in [5.41, 5.74) is 0.556. The van der Waals surface area contributed by atoms with Crippen molar-refractivity contribution in [3.63, 3.8) is 0 Å². The molecule has 56 valence electrons. The summed E-state index contributed by atoms with van der Waals surface area (Å²) < 4.78 is 0. The SMILES string of the molecule is CCCCC(C)(C)CP. The van der Waals surface area contributed by atoms with E-state index in [0.29, 0.717) is 5.41 Å². The second-order valence-corrected chi connectivity index (χ2v) is 3.88. The van der Waals surface area contributed by atoms with Gasteiger partial charge < -0.3 is 0 Å². The molecule has 0 heterocycles. The Morgan fingerprint density at radius 1 is 1.33 bits per heavy atom. The molecule has 0 aliphatic rings. The van der Waals surface area contributed by atoms with Crippen LogP contribution in [0.3, 0.4) is 0 Å². The molecule has 1 unspecified atom stereocenters. The van der Waals surface area contributed by atoms with Gasteiger partial charge in [0.05, 0.1) is 0 Å². The van der Waals surface area contributed by atoms with Crippen LogP contribution in [0.4, 0.5) is 0 Å². The molecule has 9 heavy (non-hydrogen) atoms. The van der Waals surface area contributed by atoms with Crippen LogP contribution in [0.15, 0.2) is 0 Å². The minimum Gasteiger partial charge on any atom is -0.137 e. The maximum absolute atomic E-state index is 2.82. The predicted octanol–water partition coefficient (Wildman–Crippen LogP) is 3.08. The Morgan fingerprint density at radius 3 is 2.22 bits per heavy atom. The average molecular weight is 146 g/mol. The van der Waals surface area contributed by atoms with Gasteiger partial charge in [-0.25, -0.2) is 0 Å². The van der Waals surface area contributed by atoms with Gasteiger partial charge in [-0.3, -0.25) is 0 Å². The summed E-state index contributed by atoms with van der Waals surface area (Å²) >= 11 is 0. The quantitative estimate of drug-likeness (QED) is 0.535. The van der Waals surface area contributed by atoms with E-state index >= 15 is 0 Å². The average Bonchev–Trinajstić information content (AvgIpc) is 1.84. The molecule has 0 saturated carbocycles. The van der Waals surface area contributed by atoms with Gasteiger partial charge in [-0.15, -0.1) is 9.24 Å². The van der Waals surface area contributed by atoms with Crippen LogP contribution in [0, 0.1) is 5.41 Å². The highest BCUT2D eigenvalue weighted by Crippen LogP contribution is 2.24. The zero-order valence-electron chi connectivity index (χ0n) is 6.91. The molecule has 0 aromatic carbocycles. The molecular formula is C8H19P. The van der Waals surface area contributed by atoms with Gasteiger partial charge in [0.1, 0.15) is 0 Å². The number of unbranched alkanes of at least 4 members (excludes halogenated alkanes) is 1. The molecule has 0 aliphatic carbocycles. The fourth-order valence-electron chi connectivity index (χ4n) is 0.757. The van der Waals surface area contributed by atoms with E-state index < -0.39 is 0 Å². The fraction of sp³-hybridized carbons (Fsp3) is 1.00. The molecule has 0 aromatic rings. The highest BCUT2D eigenvalue weighted by molar-refractivity contribution is 7.16. The van der Waals surface area contributed by atoms with E-state index in [-0.39, 0.29) is 0 Å². The van der Waals surface area contributed by atoms with Crippen LogP contribution in [-0.2, 0) is 0 Å². The molecule has 1 atom stereocenters. The first-order valence-corrected chi connectivity index (χ1v) is 4.64. The van der Waals surface area contributed by atoms with Crippen molar-refractivity contribution in [2.24, 2.45) is 5.41 Å². The molecule has 0 amide bonds. The lowest BCUT2D eigenvalue weighted by Crippen LogP contribution is -2.11. The van der Waals surface area contributed by atoms with Crippen molar-refractivity contribution in [1.29, 1.82) is 0 Å². The molecule has 0 aliphatic heterocycles. The van der Waals surface area contributed by atoms with Crippen LogP contribution in [0.5, 0.6) is 0 Å². The van der Waals surface area contributed by atoms with Crippen LogP contribution >= 0.6 is 9.24 Å². The van der Waals surface area contributed by atoms with Crippen LogP contribution in [0.25, 0.3) is 0 Å². The molecule has 0 aromatic heterocycles. The molecule has 0 radical (unpaired) electrons. The maximum atomic E-state index is 2.82. The van der Waals surface area contributed by atoms with E-state index in [1.165, 1.54) is 25.4 Å². The summed E-state index contributed by atoms with van der Waals surface area (Å²) in [4.78, 5) is 0. The van der Waals surface area contributed by atoms with Crippen molar-refractivity contribution in [3.8, 4) is 0 Å². The van der Waals surface area contributed by atoms with E-state index in [2.05, 4.69) is 30.0 Å². The zero-order valence-corrected chi connectivity index (χ0v) is 8.06. The number of rotatable bonds is 4.